The molecular formula is C28H27NO7. The Hall–Kier alpha value is -4.33. The van der Waals surface area contributed by atoms with E-state index >= 15 is 0 Å². The van der Waals surface area contributed by atoms with Crippen LogP contribution in [0.2, 0.25) is 0 Å². The van der Waals surface area contributed by atoms with Gasteiger partial charge in [-0.15, -0.1) is 0 Å². The van der Waals surface area contributed by atoms with Crippen LogP contribution >= 0.6 is 0 Å². The van der Waals surface area contributed by atoms with Crippen LogP contribution in [0.5, 0.6) is 5.75 Å². The van der Waals surface area contributed by atoms with E-state index in [1.54, 1.807) is 49.4 Å². The van der Waals surface area contributed by atoms with Crippen LogP contribution in [0, 0.1) is 20.8 Å². The third kappa shape index (κ3) is 4.62. The van der Waals surface area contributed by atoms with Crippen LogP contribution in [-0.2, 0) is 9.47 Å². The molecule has 0 saturated carbocycles. The number of nitrogens with zero attached hydrogens (tertiary/aromatic N) is 1. The second kappa shape index (κ2) is 10.1. The first-order valence-electron chi connectivity index (χ1n) is 11.5. The topological polar surface area (TPSA) is 97.0 Å². The molecule has 186 valence electrons. The Bertz CT molecular complexity index is 1460. The number of ketones is 1. The van der Waals surface area contributed by atoms with Gasteiger partial charge in [0.15, 0.2) is 6.61 Å². The zero-order valence-electron chi connectivity index (χ0n) is 20.8. The first-order chi connectivity index (χ1) is 17.2. The number of carbonyl (C=O) groups is 3. The predicted molar refractivity (Wildman–Crippen MR) is 133 cm³/mol. The standard InChI is InChI=1S/C28H27NO7/c1-6-34-21-11-12-25-22(14-21)17(3)26(36-25)28(32)35-15-24(30)23-13-16(2)29(18(23)4)20-9-7-19(8-10-20)27(31)33-5/h7-14H,6,15H2,1-5H3. The molecule has 0 aliphatic rings. The molecule has 0 unspecified atom stereocenters. The van der Waals surface area contributed by atoms with Gasteiger partial charge in [-0.3, -0.25) is 4.79 Å². The van der Waals surface area contributed by atoms with Crippen LogP contribution in [0.25, 0.3) is 16.7 Å². The molecule has 2 heterocycles. The number of carbonyl (C=O) groups excluding carboxylic acids is 3. The molecule has 2 aromatic heterocycles. The van der Waals surface area contributed by atoms with Crippen LogP contribution < -0.4 is 4.74 Å². The predicted octanol–water partition coefficient (Wildman–Crippen LogP) is 5.37. The lowest BCUT2D eigenvalue weighted by atomic mass is 10.1. The maximum absolute atomic E-state index is 13.0. The van der Waals surface area contributed by atoms with Crippen molar-refractivity contribution in [2.75, 3.05) is 20.3 Å². The van der Waals surface area contributed by atoms with Crippen molar-refractivity contribution in [3.63, 3.8) is 0 Å². The van der Waals surface area contributed by atoms with Gasteiger partial charge in [0, 0.05) is 33.6 Å². The van der Waals surface area contributed by atoms with Crippen molar-refractivity contribution >= 4 is 28.7 Å². The largest absolute Gasteiger partial charge is 0.494 e. The zero-order valence-corrected chi connectivity index (χ0v) is 20.8. The molecule has 0 bridgehead atoms. The summed E-state index contributed by atoms with van der Waals surface area (Å²) in [5, 5.41) is 0.751. The van der Waals surface area contributed by atoms with Crippen LogP contribution in [-0.4, -0.2) is 42.6 Å². The van der Waals surface area contributed by atoms with Crippen LogP contribution in [0.4, 0.5) is 0 Å². The second-order valence-corrected chi connectivity index (χ2v) is 8.31. The van der Waals surface area contributed by atoms with Crippen LogP contribution in [0.15, 0.2) is 52.9 Å². The summed E-state index contributed by atoms with van der Waals surface area (Å²) >= 11 is 0. The van der Waals surface area contributed by atoms with Crippen molar-refractivity contribution in [1.82, 2.24) is 4.57 Å². The van der Waals surface area contributed by atoms with Gasteiger partial charge in [-0.25, -0.2) is 9.59 Å². The summed E-state index contributed by atoms with van der Waals surface area (Å²) in [5.74, 6) is -0.722. The van der Waals surface area contributed by atoms with Crippen molar-refractivity contribution in [3.8, 4) is 11.4 Å². The lowest BCUT2D eigenvalue weighted by molar-refractivity contribution is 0.0445. The van der Waals surface area contributed by atoms with Crippen LogP contribution in [0.1, 0.15) is 55.1 Å². The summed E-state index contributed by atoms with van der Waals surface area (Å²) in [6, 6.07) is 14.0. The number of methoxy groups -OCH3 is 1. The molecule has 0 atom stereocenters. The zero-order chi connectivity index (χ0) is 26.0. The number of hydrogen-bond donors (Lipinski definition) is 0. The van der Waals surface area contributed by atoms with E-state index in [9.17, 15) is 14.4 Å². The lowest BCUT2D eigenvalue weighted by Gasteiger charge is -2.10. The molecule has 8 nitrogen and oxygen atoms in total. The van der Waals surface area contributed by atoms with E-state index in [4.69, 9.17) is 18.6 Å². The summed E-state index contributed by atoms with van der Waals surface area (Å²) in [7, 11) is 1.33. The van der Waals surface area contributed by atoms with E-state index in [1.165, 1.54) is 7.11 Å². The molecule has 0 aliphatic carbocycles. The Morgan fingerprint density at radius 3 is 2.33 bits per heavy atom. The van der Waals surface area contributed by atoms with E-state index in [0.29, 0.717) is 40.3 Å². The van der Waals surface area contributed by atoms with Crippen molar-refractivity contribution in [2.24, 2.45) is 0 Å². The molecule has 36 heavy (non-hydrogen) atoms. The number of ether oxygens (including phenoxy) is 3. The highest BCUT2D eigenvalue weighted by Gasteiger charge is 2.23. The number of esters is 2. The number of Topliss-reactive ketones (excluding diaryl/α,β-unsaturated/α-hetero) is 1. The second-order valence-electron chi connectivity index (χ2n) is 8.31. The molecule has 8 heteroatoms. The highest BCUT2D eigenvalue weighted by Crippen LogP contribution is 2.29. The fourth-order valence-corrected chi connectivity index (χ4v) is 4.23. The van der Waals surface area contributed by atoms with Gasteiger partial charge >= 0.3 is 11.9 Å². The van der Waals surface area contributed by atoms with Crippen molar-refractivity contribution in [3.05, 3.63) is 82.4 Å². The number of furan rings is 1. The Morgan fingerprint density at radius 2 is 1.67 bits per heavy atom. The Kier molecular flexibility index (Phi) is 6.96. The summed E-state index contributed by atoms with van der Waals surface area (Å²) < 4.78 is 23.2. The van der Waals surface area contributed by atoms with E-state index in [2.05, 4.69) is 0 Å². The molecule has 4 aromatic rings. The highest BCUT2D eigenvalue weighted by atomic mass is 16.5. The van der Waals surface area contributed by atoms with Gasteiger partial charge < -0.3 is 23.2 Å². The average molecular weight is 490 g/mol. The van der Waals surface area contributed by atoms with Crippen LogP contribution in [0.3, 0.4) is 0 Å². The highest BCUT2D eigenvalue weighted by molar-refractivity contribution is 6.01. The van der Waals surface area contributed by atoms with E-state index in [-0.39, 0.29) is 11.5 Å². The Labute approximate surface area is 208 Å². The Balaban J connectivity index is 1.50. The molecule has 0 spiro atoms. The monoisotopic (exact) mass is 489 g/mol. The van der Waals surface area contributed by atoms with E-state index < -0.39 is 18.5 Å². The summed E-state index contributed by atoms with van der Waals surface area (Å²) in [4.78, 5) is 37.4. The number of benzene rings is 2. The minimum Gasteiger partial charge on any atom is -0.494 e. The molecule has 0 aliphatic heterocycles. The minimum absolute atomic E-state index is 0.0580. The van der Waals surface area contributed by atoms with Gasteiger partial charge in [-0.1, -0.05) is 0 Å². The van der Waals surface area contributed by atoms with Gasteiger partial charge in [0.2, 0.25) is 11.5 Å². The molecule has 0 N–H and O–H groups in total. The quantitative estimate of drug-likeness (QED) is 0.242. The smallest absolute Gasteiger partial charge is 0.375 e. The maximum Gasteiger partial charge on any atom is 0.375 e. The Morgan fingerprint density at radius 1 is 0.944 bits per heavy atom. The lowest BCUT2D eigenvalue weighted by Crippen LogP contribution is -2.15. The molecular weight excluding hydrogens is 462 g/mol. The van der Waals surface area contributed by atoms with Crippen molar-refractivity contribution in [2.45, 2.75) is 27.7 Å². The third-order valence-electron chi connectivity index (χ3n) is 6.02. The molecule has 0 saturated heterocycles. The average Bonchev–Trinajstić information content (AvgIpc) is 3.37. The molecule has 2 aromatic carbocycles. The molecule has 4 rings (SSSR count). The number of aryl methyl sites for hydroxylation is 2. The van der Waals surface area contributed by atoms with Gasteiger partial charge in [0.1, 0.15) is 11.3 Å². The normalized spacial score (nSPS) is 10.9. The molecule has 0 radical (unpaired) electrons. The minimum atomic E-state index is -0.706. The van der Waals surface area contributed by atoms with E-state index in [0.717, 1.165) is 16.8 Å². The maximum atomic E-state index is 13.0. The van der Waals surface area contributed by atoms with Crippen molar-refractivity contribution < 1.29 is 33.0 Å². The fourth-order valence-electron chi connectivity index (χ4n) is 4.23. The van der Waals surface area contributed by atoms with Gasteiger partial charge in [-0.05, 0) is 76.2 Å². The fraction of sp³-hybridized carbons (Fsp3) is 0.250. The summed E-state index contributed by atoms with van der Waals surface area (Å²) in [5.41, 5.74) is 4.35. The number of hydrogen-bond acceptors (Lipinski definition) is 7. The number of rotatable bonds is 8. The first kappa shape index (κ1) is 24.8. The van der Waals surface area contributed by atoms with Gasteiger partial charge in [-0.2, -0.15) is 0 Å². The number of aromatic nitrogens is 1. The molecule has 0 fully saturated rings. The first-order valence-corrected chi connectivity index (χ1v) is 11.5. The summed E-state index contributed by atoms with van der Waals surface area (Å²) in [6.45, 7) is 7.45. The third-order valence-corrected chi connectivity index (χ3v) is 6.02. The summed E-state index contributed by atoms with van der Waals surface area (Å²) in [6.07, 6.45) is 0. The van der Waals surface area contributed by atoms with Gasteiger partial charge in [0.05, 0.1) is 19.3 Å². The van der Waals surface area contributed by atoms with Gasteiger partial charge in [0.25, 0.3) is 0 Å². The van der Waals surface area contributed by atoms with Crippen molar-refractivity contribution in [1.29, 1.82) is 0 Å². The molecule has 0 amide bonds. The SMILES string of the molecule is CCOc1ccc2oc(C(=O)OCC(=O)c3cc(C)n(-c4ccc(C(=O)OC)cc4)c3C)c(C)c2c1. The van der Waals surface area contributed by atoms with E-state index in [1.807, 2.05) is 31.4 Å². The number of fused-ring (bicyclic) bond motifs is 1.